The highest BCUT2D eigenvalue weighted by Crippen LogP contribution is 2.45. The number of hydrogen-bond donors (Lipinski definition) is 0. The summed E-state index contributed by atoms with van der Waals surface area (Å²) in [5.74, 6) is -8.57. The SMILES string of the molecule is O=C1CCCC2(CCN(c3cc(C(F)(F)C(F)(F)F)nc(CCl)n3)CC2)N1c1ccc(F)c(F)c1. The smallest absolute Gasteiger partial charge is 0.356 e. The molecule has 0 atom stereocenters. The number of halogens is 8. The van der Waals surface area contributed by atoms with Gasteiger partial charge in [0.1, 0.15) is 17.3 Å². The van der Waals surface area contributed by atoms with Crippen LogP contribution in [0.1, 0.15) is 43.6 Å². The molecule has 3 heterocycles. The molecule has 0 unspecified atom stereocenters. The Hall–Kier alpha value is -2.63. The Morgan fingerprint density at radius 3 is 2.26 bits per heavy atom. The van der Waals surface area contributed by atoms with Crippen LogP contribution in [0.15, 0.2) is 24.3 Å². The van der Waals surface area contributed by atoms with Crippen LogP contribution in [-0.2, 0) is 16.6 Å². The van der Waals surface area contributed by atoms with Crippen LogP contribution in [-0.4, -0.2) is 40.7 Å². The summed E-state index contributed by atoms with van der Waals surface area (Å²) in [5, 5.41) is 0. The Morgan fingerprint density at radius 1 is 0.971 bits per heavy atom. The molecule has 13 heteroatoms. The van der Waals surface area contributed by atoms with Crippen molar-refractivity contribution in [3.05, 3.63) is 47.4 Å². The quantitative estimate of drug-likeness (QED) is 0.380. The van der Waals surface area contributed by atoms with Crippen molar-refractivity contribution >= 4 is 29.0 Å². The summed E-state index contributed by atoms with van der Waals surface area (Å²) in [6, 6.07) is 3.81. The molecule has 0 saturated carbocycles. The number of carbonyl (C=O) groups is 1. The number of hydrogen-bond acceptors (Lipinski definition) is 4. The second-order valence-corrected chi connectivity index (χ2v) is 8.89. The van der Waals surface area contributed by atoms with Gasteiger partial charge in [-0.1, -0.05) is 0 Å². The van der Waals surface area contributed by atoms with Gasteiger partial charge in [0.2, 0.25) is 5.91 Å². The number of nitrogens with zero attached hydrogens (tertiary/aromatic N) is 4. The minimum Gasteiger partial charge on any atom is -0.356 e. The molecule has 0 N–H and O–H groups in total. The first kappa shape index (κ1) is 25.5. The van der Waals surface area contributed by atoms with Crippen molar-refractivity contribution in [2.24, 2.45) is 0 Å². The molecule has 1 amide bonds. The van der Waals surface area contributed by atoms with Crippen molar-refractivity contribution in [3.63, 3.8) is 0 Å². The predicted octanol–water partition coefficient (Wildman–Crippen LogP) is 5.70. The average Bonchev–Trinajstić information content (AvgIpc) is 2.80. The second kappa shape index (κ2) is 9.11. The van der Waals surface area contributed by atoms with E-state index in [1.54, 1.807) is 0 Å². The van der Waals surface area contributed by atoms with Crippen LogP contribution in [0.25, 0.3) is 0 Å². The molecule has 4 rings (SSSR count). The maximum absolute atomic E-state index is 14.0. The molecular formula is C22H20ClF7N4O. The number of carbonyl (C=O) groups excluding carboxylic acids is 1. The first-order valence-corrected chi connectivity index (χ1v) is 11.3. The predicted molar refractivity (Wildman–Crippen MR) is 113 cm³/mol. The molecule has 1 aromatic heterocycles. The van der Waals surface area contributed by atoms with Gasteiger partial charge >= 0.3 is 12.1 Å². The fourth-order valence-electron chi connectivity index (χ4n) is 4.74. The lowest BCUT2D eigenvalue weighted by atomic mass is 9.78. The Balaban J connectivity index is 1.62. The highest BCUT2D eigenvalue weighted by Gasteiger charge is 2.60. The van der Waals surface area contributed by atoms with Crippen molar-refractivity contribution in [1.82, 2.24) is 9.97 Å². The van der Waals surface area contributed by atoms with Gasteiger partial charge in [0.05, 0.1) is 11.4 Å². The Morgan fingerprint density at radius 2 is 1.66 bits per heavy atom. The summed E-state index contributed by atoms with van der Waals surface area (Å²) in [7, 11) is 0. The van der Waals surface area contributed by atoms with Crippen molar-refractivity contribution in [1.29, 1.82) is 0 Å². The molecule has 0 aliphatic carbocycles. The van der Waals surface area contributed by atoms with Gasteiger partial charge in [-0.05, 0) is 37.8 Å². The molecule has 2 saturated heterocycles. The highest BCUT2D eigenvalue weighted by atomic mass is 35.5. The van der Waals surface area contributed by atoms with Crippen molar-refractivity contribution < 1.29 is 35.5 Å². The van der Waals surface area contributed by atoms with E-state index in [9.17, 15) is 35.5 Å². The Labute approximate surface area is 200 Å². The normalized spacial score (nSPS) is 18.9. The van der Waals surface area contributed by atoms with E-state index in [4.69, 9.17) is 11.6 Å². The third-order valence-electron chi connectivity index (χ3n) is 6.49. The van der Waals surface area contributed by atoms with Gasteiger partial charge in [0.15, 0.2) is 11.6 Å². The van der Waals surface area contributed by atoms with Crippen LogP contribution in [0.5, 0.6) is 0 Å². The van der Waals surface area contributed by atoms with E-state index >= 15 is 0 Å². The van der Waals surface area contributed by atoms with Crippen LogP contribution in [0, 0.1) is 11.6 Å². The molecule has 2 aliphatic heterocycles. The van der Waals surface area contributed by atoms with Crippen molar-refractivity contribution in [2.45, 2.75) is 55.6 Å². The molecule has 5 nitrogen and oxygen atoms in total. The summed E-state index contributed by atoms with van der Waals surface area (Å²) in [5.41, 5.74) is -2.03. The largest absolute Gasteiger partial charge is 0.459 e. The Kier molecular flexibility index (Phi) is 6.62. The molecule has 190 valence electrons. The standard InChI is InChI=1S/C22H20ClF7N4O/c23-12-17-31-16(21(26,27)22(28,29)30)11-18(32-17)33-8-6-20(7-9-33)5-1-2-19(35)34(20)13-3-4-14(24)15(25)10-13/h3-4,10-11H,1-2,5-9,12H2. The summed E-state index contributed by atoms with van der Waals surface area (Å²) >= 11 is 5.65. The van der Waals surface area contributed by atoms with E-state index in [0.29, 0.717) is 31.7 Å². The number of piperidine rings is 2. The number of benzene rings is 1. The molecule has 1 aromatic carbocycles. The lowest BCUT2D eigenvalue weighted by Crippen LogP contribution is -2.60. The van der Waals surface area contributed by atoms with Crippen LogP contribution in [0.3, 0.4) is 0 Å². The van der Waals surface area contributed by atoms with Crippen LogP contribution in [0.4, 0.5) is 42.2 Å². The minimum atomic E-state index is -5.85. The highest BCUT2D eigenvalue weighted by molar-refractivity contribution is 6.16. The molecule has 35 heavy (non-hydrogen) atoms. The Bertz CT molecular complexity index is 1120. The van der Waals surface area contributed by atoms with Crippen LogP contribution in [0.2, 0.25) is 0 Å². The summed E-state index contributed by atoms with van der Waals surface area (Å²) in [6.07, 6.45) is -3.86. The fraction of sp³-hybridized carbons (Fsp3) is 0.500. The fourth-order valence-corrected chi connectivity index (χ4v) is 4.85. The molecule has 2 fully saturated rings. The molecule has 2 aliphatic rings. The first-order valence-electron chi connectivity index (χ1n) is 10.8. The zero-order valence-corrected chi connectivity index (χ0v) is 18.9. The number of aromatic nitrogens is 2. The second-order valence-electron chi connectivity index (χ2n) is 8.63. The van der Waals surface area contributed by atoms with Crippen molar-refractivity contribution in [3.8, 4) is 0 Å². The monoisotopic (exact) mass is 524 g/mol. The van der Waals surface area contributed by atoms with Gasteiger partial charge < -0.3 is 9.80 Å². The van der Waals surface area contributed by atoms with Gasteiger partial charge in [-0.25, -0.2) is 18.7 Å². The molecular weight excluding hydrogens is 505 g/mol. The van der Waals surface area contributed by atoms with Crippen LogP contribution < -0.4 is 9.80 Å². The number of alkyl halides is 6. The summed E-state index contributed by atoms with van der Waals surface area (Å²) in [6.45, 7) is 0.340. The number of rotatable bonds is 4. The van der Waals surface area contributed by atoms with Gasteiger partial charge in [-0.2, -0.15) is 22.0 Å². The number of amides is 1. The third kappa shape index (κ3) is 4.64. The zero-order chi connectivity index (χ0) is 25.6. The molecule has 1 spiro atoms. The van der Waals surface area contributed by atoms with E-state index in [1.807, 2.05) is 0 Å². The lowest BCUT2D eigenvalue weighted by Gasteiger charge is -2.51. The van der Waals surface area contributed by atoms with E-state index < -0.39 is 40.8 Å². The van der Waals surface area contributed by atoms with Gasteiger partial charge in [0, 0.05) is 37.3 Å². The topological polar surface area (TPSA) is 49.3 Å². The lowest BCUT2D eigenvalue weighted by molar-refractivity contribution is -0.291. The zero-order valence-electron chi connectivity index (χ0n) is 18.2. The van der Waals surface area contributed by atoms with E-state index in [-0.39, 0.29) is 42.7 Å². The van der Waals surface area contributed by atoms with Crippen molar-refractivity contribution in [2.75, 3.05) is 22.9 Å². The van der Waals surface area contributed by atoms with Crippen LogP contribution >= 0.6 is 11.6 Å². The number of anilines is 2. The van der Waals surface area contributed by atoms with Gasteiger partial charge in [0.25, 0.3) is 0 Å². The average molecular weight is 525 g/mol. The maximum Gasteiger partial charge on any atom is 0.459 e. The minimum absolute atomic E-state index is 0.133. The van der Waals surface area contributed by atoms with E-state index in [0.717, 1.165) is 12.1 Å². The van der Waals surface area contributed by atoms with E-state index in [2.05, 4.69) is 9.97 Å². The van der Waals surface area contributed by atoms with Gasteiger partial charge in [-0.3, -0.25) is 4.79 Å². The molecule has 0 bridgehead atoms. The van der Waals surface area contributed by atoms with E-state index in [1.165, 1.54) is 15.9 Å². The molecule has 0 radical (unpaired) electrons. The molecule has 2 aromatic rings. The van der Waals surface area contributed by atoms with Gasteiger partial charge in [-0.15, -0.1) is 11.6 Å². The summed E-state index contributed by atoms with van der Waals surface area (Å²) in [4.78, 5) is 23.1. The first-order chi connectivity index (χ1) is 16.4. The maximum atomic E-state index is 14.0. The summed E-state index contributed by atoms with van der Waals surface area (Å²) < 4.78 is 94.1. The third-order valence-corrected chi connectivity index (χ3v) is 6.73.